The number of nitrogens with zero attached hydrogens (tertiary/aromatic N) is 4. The van der Waals surface area contributed by atoms with Crippen LogP contribution in [0.25, 0.3) is 0 Å². The third-order valence-corrected chi connectivity index (χ3v) is 1.38. The molecule has 0 amide bonds. The Labute approximate surface area is 87.6 Å². The van der Waals surface area contributed by atoms with Crippen LogP contribution in [-0.2, 0) is 0 Å². The fraction of sp³-hybridized carbons (Fsp3) is 0. The molecule has 2 N–H and O–H groups in total. The van der Waals surface area contributed by atoms with Gasteiger partial charge in [0.25, 0.3) is 0 Å². The summed E-state index contributed by atoms with van der Waals surface area (Å²) < 4.78 is 0. The molecule has 10 heteroatoms. The molecule has 0 saturated carbocycles. The summed E-state index contributed by atoms with van der Waals surface area (Å²) in [7, 11) is 0. The molecule has 0 aliphatic carbocycles. The summed E-state index contributed by atoms with van der Waals surface area (Å²) in [6, 6.07) is 1.29. The predicted octanol–water partition coefficient (Wildman–Crippen LogP) is 0.636. The molecule has 0 unspecified atom stereocenters. The van der Waals surface area contributed by atoms with Gasteiger partial charge >= 0.3 is 11.5 Å². The zero-order chi connectivity index (χ0) is 12.0. The van der Waals surface area contributed by atoms with Crippen LogP contribution in [0, 0.1) is 20.2 Å². The standard InChI is InChI=1S/2C3H3N3O2/c7-6(8)3-1-4-5-2-3;7-6(8)3-1-2-4-5-3/h2*1-2H,(H,4,5). The first kappa shape index (κ1) is 11.3. The maximum atomic E-state index is 9.81. The SMILES string of the molecule is O=[N+]([O-])c1ccn[nH]1.O=[N+]([O-])c1cn[nH]c1. The van der Waals surface area contributed by atoms with E-state index >= 15 is 0 Å². The zero-order valence-electron chi connectivity index (χ0n) is 7.73. The molecule has 0 radical (unpaired) electrons. The van der Waals surface area contributed by atoms with Gasteiger partial charge in [-0.25, -0.2) is 0 Å². The van der Waals surface area contributed by atoms with Gasteiger partial charge in [-0.3, -0.25) is 15.2 Å². The number of hydrogen-bond donors (Lipinski definition) is 2. The summed E-state index contributed by atoms with van der Waals surface area (Å²) in [6.07, 6.45) is 3.71. The number of rotatable bonds is 2. The van der Waals surface area contributed by atoms with Crippen molar-refractivity contribution in [2.24, 2.45) is 0 Å². The van der Waals surface area contributed by atoms with Gasteiger partial charge in [0.2, 0.25) is 0 Å². The van der Waals surface area contributed by atoms with Gasteiger partial charge in [-0.1, -0.05) is 5.10 Å². The summed E-state index contributed by atoms with van der Waals surface area (Å²) in [5.74, 6) is -0.0787. The van der Waals surface area contributed by atoms with Crippen molar-refractivity contribution in [3.63, 3.8) is 0 Å². The van der Waals surface area contributed by atoms with Gasteiger partial charge in [0.1, 0.15) is 6.20 Å². The van der Waals surface area contributed by atoms with Crippen molar-refractivity contribution < 1.29 is 9.85 Å². The van der Waals surface area contributed by atoms with E-state index in [-0.39, 0.29) is 11.5 Å². The molecule has 0 bridgehead atoms. The van der Waals surface area contributed by atoms with Crippen LogP contribution in [0.2, 0.25) is 0 Å². The smallest absolute Gasteiger partial charge is 0.342 e. The van der Waals surface area contributed by atoms with Crippen LogP contribution in [-0.4, -0.2) is 30.2 Å². The molecule has 2 heterocycles. The summed E-state index contributed by atoms with van der Waals surface area (Å²) in [5, 5.41) is 30.9. The first-order valence-corrected chi connectivity index (χ1v) is 3.88. The van der Waals surface area contributed by atoms with Crippen molar-refractivity contribution in [3.8, 4) is 0 Å². The minimum atomic E-state index is -0.535. The van der Waals surface area contributed by atoms with Crippen molar-refractivity contribution >= 4 is 11.5 Å². The van der Waals surface area contributed by atoms with Crippen molar-refractivity contribution in [1.29, 1.82) is 0 Å². The Hall–Kier alpha value is -2.78. The van der Waals surface area contributed by atoms with E-state index in [2.05, 4.69) is 20.4 Å². The van der Waals surface area contributed by atoms with Crippen molar-refractivity contribution in [3.05, 3.63) is 44.9 Å². The van der Waals surface area contributed by atoms with Crippen LogP contribution < -0.4 is 0 Å². The van der Waals surface area contributed by atoms with Crippen LogP contribution in [0.4, 0.5) is 11.5 Å². The Bertz CT molecular complexity index is 405. The molecule has 0 fully saturated rings. The molecule has 84 valence electrons. The van der Waals surface area contributed by atoms with E-state index in [4.69, 9.17) is 0 Å². The van der Waals surface area contributed by atoms with Crippen molar-refractivity contribution in [2.75, 3.05) is 0 Å². The molecule has 10 nitrogen and oxygen atoms in total. The lowest BCUT2D eigenvalue weighted by atomic mass is 10.6. The molecular weight excluding hydrogens is 220 g/mol. The van der Waals surface area contributed by atoms with Gasteiger partial charge in [-0.2, -0.15) is 5.10 Å². The lowest BCUT2D eigenvalue weighted by molar-refractivity contribution is -0.389. The molecule has 2 aromatic heterocycles. The lowest BCUT2D eigenvalue weighted by Crippen LogP contribution is -1.86. The number of hydrogen-bond acceptors (Lipinski definition) is 6. The van der Waals surface area contributed by atoms with Crippen molar-refractivity contribution in [1.82, 2.24) is 20.4 Å². The number of H-pyrrole nitrogens is 2. The van der Waals surface area contributed by atoms with Crippen LogP contribution >= 0.6 is 0 Å². The zero-order valence-corrected chi connectivity index (χ0v) is 7.73. The molecule has 0 spiro atoms. The van der Waals surface area contributed by atoms with E-state index < -0.39 is 9.85 Å². The summed E-state index contributed by atoms with van der Waals surface area (Å²) in [5.41, 5.74) is -0.00926. The van der Waals surface area contributed by atoms with Gasteiger partial charge in [-0.15, -0.1) is 5.10 Å². The van der Waals surface area contributed by atoms with Crippen LogP contribution in [0.15, 0.2) is 24.7 Å². The van der Waals surface area contributed by atoms with E-state index in [1.165, 1.54) is 18.5 Å². The van der Waals surface area contributed by atoms with Crippen LogP contribution in [0.5, 0.6) is 0 Å². The third-order valence-electron chi connectivity index (χ3n) is 1.38. The minimum Gasteiger partial charge on any atom is -0.358 e. The van der Waals surface area contributed by atoms with Gasteiger partial charge in [0.15, 0.2) is 0 Å². The fourth-order valence-corrected chi connectivity index (χ4v) is 0.694. The summed E-state index contributed by atoms with van der Waals surface area (Å²) in [6.45, 7) is 0. The molecule has 0 aliphatic heterocycles. The molecule has 2 rings (SSSR count). The van der Waals surface area contributed by atoms with E-state index in [1.807, 2.05) is 0 Å². The summed E-state index contributed by atoms with van der Waals surface area (Å²) >= 11 is 0. The third kappa shape index (κ3) is 3.17. The normalized spacial score (nSPS) is 9.00. The highest BCUT2D eigenvalue weighted by molar-refractivity contribution is 5.19. The number of aromatic amines is 2. The highest BCUT2D eigenvalue weighted by Gasteiger charge is 2.02. The predicted molar refractivity (Wildman–Crippen MR) is 50.5 cm³/mol. The van der Waals surface area contributed by atoms with Crippen molar-refractivity contribution in [2.45, 2.75) is 0 Å². The van der Waals surface area contributed by atoms with Crippen LogP contribution in [0.3, 0.4) is 0 Å². The first-order valence-electron chi connectivity index (χ1n) is 3.88. The van der Waals surface area contributed by atoms with Gasteiger partial charge < -0.3 is 10.1 Å². The second kappa shape index (κ2) is 5.19. The quantitative estimate of drug-likeness (QED) is 0.567. The molecule has 2 aromatic rings. The maximum Gasteiger partial charge on any atom is 0.342 e. The van der Waals surface area contributed by atoms with E-state index in [0.29, 0.717) is 0 Å². The van der Waals surface area contributed by atoms with Gasteiger partial charge in [0, 0.05) is 0 Å². The van der Waals surface area contributed by atoms with E-state index in [1.54, 1.807) is 0 Å². The van der Waals surface area contributed by atoms with Gasteiger partial charge in [-0.05, 0) is 4.92 Å². The first-order chi connectivity index (χ1) is 7.61. The van der Waals surface area contributed by atoms with E-state index in [9.17, 15) is 20.2 Å². The Morgan fingerprint density at radius 1 is 1.19 bits per heavy atom. The Morgan fingerprint density at radius 2 is 1.94 bits per heavy atom. The summed E-state index contributed by atoms with van der Waals surface area (Å²) in [4.78, 5) is 18.6. The highest BCUT2D eigenvalue weighted by atomic mass is 16.6. The Balaban J connectivity index is 0.000000160. The lowest BCUT2D eigenvalue weighted by Gasteiger charge is -1.82. The Morgan fingerprint density at radius 3 is 2.19 bits per heavy atom. The average molecular weight is 226 g/mol. The molecule has 0 aromatic carbocycles. The Kier molecular flexibility index (Phi) is 3.66. The molecule has 16 heavy (non-hydrogen) atoms. The monoisotopic (exact) mass is 226 g/mol. The molecule has 0 aliphatic rings. The number of aromatic nitrogens is 4. The topological polar surface area (TPSA) is 144 Å². The minimum absolute atomic E-state index is 0.00926. The largest absolute Gasteiger partial charge is 0.358 e. The molecule has 0 atom stereocenters. The van der Waals surface area contributed by atoms with Crippen LogP contribution in [0.1, 0.15) is 0 Å². The van der Waals surface area contributed by atoms with E-state index in [0.717, 1.165) is 6.20 Å². The molecular formula is C6H6N6O4. The maximum absolute atomic E-state index is 9.81. The number of nitrogens with one attached hydrogen (secondary N) is 2. The average Bonchev–Trinajstić information content (AvgIpc) is 2.93. The molecule has 0 saturated heterocycles. The second-order valence-corrected chi connectivity index (χ2v) is 2.41. The fourth-order valence-electron chi connectivity index (χ4n) is 0.694. The van der Waals surface area contributed by atoms with Gasteiger partial charge in [0.05, 0.1) is 23.4 Å². The second-order valence-electron chi connectivity index (χ2n) is 2.41. The number of nitro groups is 2. The highest BCUT2D eigenvalue weighted by Crippen LogP contribution is 2.03.